The standard InChI is InChI=1S/C13H19N5/c1-8-6-7-18(17-8)11-9(2)10(14)15-12(16-11)13(3,4)5/h6-7H,1-5H3,(H2,14,15,16). The molecule has 0 fully saturated rings. The zero-order valence-corrected chi connectivity index (χ0v) is 11.5. The van der Waals surface area contributed by atoms with Crippen LogP contribution >= 0.6 is 0 Å². The Morgan fingerprint density at radius 1 is 1.17 bits per heavy atom. The van der Waals surface area contributed by atoms with Crippen LogP contribution < -0.4 is 5.73 Å². The maximum atomic E-state index is 5.97. The van der Waals surface area contributed by atoms with Crippen molar-refractivity contribution in [3.05, 3.63) is 29.3 Å². The van der Waals surface area contributed by atoms with E-state index in [9.17, 15) is 0 Å². The van der Waals surface area contributed by atoms with Crippen molar-refractivity contribution < 1.29 is 0 Å². The molecule has 0 aliphatic rings. The van der Waals surface area contributed by atoms with Gasteiger partial charge in [0.25, 0.3) is 0 Å². The predicted molar refractivity (Wildman–Crippen MR) is 71.7 cm³/mol. The molecular formula is C13H19N5. The third-order valence-electron chi connectivity index (χ3n) is 2.77. The van der Waals surface area contributed by atoms with E-state index in [1.54, 1.807) is 4.68 Å². The Kier molecular flexibility index (Phi) is 2.84. The van der Waals surface area contributed by atoms with Crippen LogP contribution in [0.2, 0.25) is 0 Å². The minimum atomic E-state index is -0.140. The van der Waals surface area contributed by atoms with E-state index in [4.69, 9.17) is 5.73 Å². The van der Waals surface area contributed by atoms with Gasteiger partial charge in [-0.1, -0.05) is 20.8 Å². The van der Waals surface area contributed by atoms with Crippen molar-refractivity contribution >= 4 is 5.82 Å². The van der Waals surface area contributed by atoms with E-state index >= 15 is 0 Å². The molecule has 0 aromatic carbocycles. The van der Waals surface area contributed by atoms with Gasteiger partial charge >= 0.3 is 0 Å². The number of hydrogen-bond acceptors (Lipinski definition) is 4. The molecule has 5 nitrogen and oxygen atoms in total. The lowest BCUT2D eigenvalue weighted by Crippen LogP contribution is -2.20. The van der Waals surface area contributed by atoms with Gasteiger partial charge < -0.3 is 5.73 Å². The number of aromatic nitrogens is 4. The van der Waals surface area contributed by atoms with Gasteiger partial charge in [-0.3, -0.25) is 0 Å². The molecule has 18 heavy (non-hydrogen) atoms. The number of rotatable bonds is 1. The lowest BCUT2D eigenvalue weighted by atomic mass is 9.95. The molecule has 2 heterocycles. The number of nitrogens with zero attached hydrogens (tertiary/aromatic N) is 4. The van der Waals surface area contributed by atoms with Crippen LogP contribution in [0.4, 0.5) is 5.82 Å². The summed E-state index contributed by atoms with van der Waals surface area (Å²) in [7, 11) is 0. The minimum absolute atomic E-state index is 0.140. The fraction of sp³-hybridized carbons (Fsp3) is 0.462. The fourth-order valence-corrected chi connectivity index (χ4v) is 1.61. The van der Waals surface area contributed by atoms with E-state index in [2.05, 4.69) is 35.8 Å². The third kappa shape index (κ3) is 2.20. The van der Waals surface area contributed by atoms with E-state index in [0.717, 1.165) is 22.9 Å². The highest BCUT2D eigenvalue weighted by Crippen LogP contribution is 2.23. The second kappa shape index (κ2) is 4.08. The van der Waals surface area contributed by atoms with E-state index in [-0.39, 0.29) is 5.41 Å². The normalized spacial score (nSPS) is 11.8. The summed E-state index contributed by atoms with van der Waals surface area (Å²) in [6.45, 7) is 10.1. The van der Waals surface area contributed by atoms with E-state index in [1.807, 2.05) is 26.1 Å². The van der Waals surface area contributed by atoms with Crippen molar-refractivity contribution in [1.82, 2.24) is 19.7 Å². The van der Waals surface area contributed by atoms with Crippen molar-refractivity contribution in [2.75, 3.05) is 5.73 Å². The van der Waals surface area contributed by atoms with Crippen molar-refractivity contribution in [3.63, 3.8) is 0 Å². The summed E-state index contributed by atoms with van der Waals surface area (Å²) in [5.74, 6) is 1.99. The van der Waals surface area contributed by atoms with Crippen molar-refractivity contribution in [3.8, 4) is 5.82 Å². The number of anilines is 1. The van der Waals surface area contributed by atoms with Crippen LogP contribution in [-0.4, -0.2) is 19.7 Å². The third-order valence-corrected chi connectivity index (χ3v) is 2.77. The number of aryl methyl sites for hydroxylation is 1. The van der Waals surface area contributed by atoms with Gasteiger partial charge in [0, 0.05) is 17.2 Å². The van der Waals surface area contributed by atoms with E-state index < -0.39 is 0 Å². The summed E-state index contributed by atoms with van der Waals surface area (Å²) in [6.07, 6.45) is 1.89. The maximum absolute atomic E-state index is 5.97. The maximum Gasteiger partial charge on any atom is 0.162 e. The van der Waals surface area contributed by atoms with E-state index in [0.29, 0.717) is 5.82 Å². The number of nitrogen functional groups attached to an aromatic ring is 1. The SMILES string of the molecule is Cc1ccn(-c2nc(C(C)(C)C)nc(N)c2C)n1. The summed E-state index contributed by atoms with van der Waals surface area (Å²) < 4.78 is 1.75. The molecule has 0 spiro atoms. The van der Waals surface area contributed by atoms with Crippen LogP contribution in [0.3, 0.4) is 0 Å². The molecule has 2 aromatic rings. The average molecular weight is 245 g/mol. The zero-order valence-electron chi connectivity index (χ0n) is 11.5. The highest BCUT2D eigenvalue weighted by Gasteiger charge is 2.21. The Bertz CT molecular complexity index is 578. The molecule has 5 heteroatoms. The molecule has 2 rings (SSSR count). The van der Waals surface area contributed by atoms with Crippen LogP contribution in [0, 0.1) is 13.8 Å². The summed E-state index contributed by atoms with van der Waals surface area (Å²) in [5.41, 5.74) is 7.63. The molecule has 2 N–H and O–H groups in total. The zero-order chi connectivity index (χ0) is 13.5. The molecule has 0 amide bonds. The van der Waals surface area contributed by atoms with Gasteiger partial charge in [0.05, 0.1) is 5.69 Å². The molecule has 0 bridgehead atoms. The van der Waals surface area contributed by atoms with Crippen LogP contribution in [0.1, 0.15) is 37.9 Å². The molecule has 0 saturated carbocycles. The van der Waals surface area contributed by atoms with Gasteiger partial charge in [0.15, 0.2) is 5.82 Å². The highest BCUT2D eigenvalue weighted by molar-refractivity contribution is 5.48. The Labute approximate surface area is 107 Å². The Morgan fingerprint density at radius 2 is 1.83 bits per heavy atom. The molecule has 0 aliphatic heterocycles. The summed E-state index contributed by atoms with van der Waals surface area (Å²) in [4.78, 5) is 8.96. The smallest absolute Gasteiger partial charge is 0.162 e. The first-order valence-electron chi connectivity index (χ1n) is 5.96. The Balaban J connectivity index is 2.63. The van der Waals surface area contributed by atoms with Crippen LogP contribution in [0.5, 0.6) is 0 Å². The predicted octanol–water partition coefficient (Wildman–Crippen LogP) is 2.16. The first-order valence-corrected chi connectivity index (χ1v) is 5.96. The van der Waals surface area contributed by atoms with Crippen LogP contribution in [0.15, 0.2) is 12.3 Å². The van der Waals surface area contributed by atoms with Crippen LogP contribution in [-0.2, 0) is 5.41 Å². The molecule has 2 aromatic heterocycles. The highest BCUT2D eigenvalue weighted by atomic mass is 15.3. The minimum Gasteiger partial charge on any atom is -0.383 e. The lowest BCUT2D eigenvalue weighted by Gasteiger charge is -2.19. The fourth-order valence-electron chi connectivity index (χ4n) is 1.61. The first kappa shape index (κ1) is 12.5. The van der Waals surface area contributed by atoms with Crippen molar-refractivity contribution in [1.29, 1.82) is 0 Å². The van der Waals surface area contributed by atoms with Crippen molar-refractivity contribution in [2.24, 2.45) is 0 Å². The van der Waals surface area contributed by atoms with Crippen molar-refractivity contribution in [2.45, 2.75) is 40.0 Å². The van der Waals surface area contributed by atoms with Gasteiger partial charge in [-0.2, -0.15) is 5.10 Å². The molecule has 96 valence electrons. The molecule has 0 atom stereocenters. The largest absolute Gasteiger partial charge is 0.383 e. The number of nitrogens with two attached hydrogens (primary N) is 1. The monoisotopic (exact) mass is 245 g/mol. The average Bonchev–Trinajstić information content (AvgIpc) is 2.67. The van der Waals surface area contributed by atoms with Crippen LogP contribution in [0.25, 0.3) is 5.82 Å². The van der Waals surface area contributed by atoms with Gasteiger partial charge in [-0.05, 0) is 19.9 Å². The molecule has 0 unspecified atom stereocenters. The second-order valence-electron chi connectivity index (χ2n) is 5.53. The van der Waals surface area contributed by atoms with Gasteiger partial charge in [-0.25, -0.2) is 14.6 Å². The molecule has 0 saturated heterocycles. The van der Waals surface area contributed by atoms with Gasteiger partial charge in [0.2, 0.25) is 0 Å². The summed E-state index contributed by atoms with van der Waals surface area (Å²) in [5, 5.41) is 4.38. The lowest BCUT2D eigenvalue weighted by molar-refractivity contribution is 0.542. The molecule has 0 aliphatic carbocycles. The molecular weight excluding hydrogens is 226 g/mol. The Morgan fingerprint density at radius 3 is 2.33 bits per heavy atom. The summed E-state index contributed by atoms with van der Waals surface area (Å²) in [6, 6.07) is 1.94. The topological polar surface area (TPSA) is 69.6 Å². The second-order valence-corrected chi connectivity index (χ2v) is 5.53. The van der Waals surface area contributed by atoms with Gasteiger partial charge in [0.1, 0.15) is 11.6 Å². The number of hydrogen-bond donors (Lipinski definition) is 1. The molecule has 0 radical (unpaired) electrons. The quantitative estimate of drug-likeness (QED) is 0.835. The summed E-state index contributed by atoms with van der Waals surface area (Å²) >= 11 is 0. The van der Waals surface area contributed by atoms with Gasteiger partial charge in [-0.15, -0.1) is 0 Å². The van der Waals surface area contributed by atoms with E-state index in [1.165, 1.54) is 0 Å². The Hall–Kier alpha value is -1.91. The first-order chi connectivity index (χ1) is 8.29.